The molecule has 12 unspecified atom stereocenters. The number of ether oxygens (including phenoxy) is 4. The Morgan fingerprint density at radius 1 is 0.394 bits per heavy atom. The molecular weight excluding hydrogens is 1180 g/mol. The van der Waals surface area contributed by atoms with E-state index >= 15 is 0 Å². The summed E-state index contributed by atoms with van der Waals surface area (Å²) in [5.74, 6) is -0.270. The molecule has 542 valence electrons. The fourth-order valence-electron chi connectivity index (χ4n) is 11.9. The molecule has 2 aliphatic rings. The fraction of sp³-hybridized carbons (Fsp3) is 0.762. The first-order chi connectivity index (χ1) is 46.1. The van der Waals surface area contributed by atoms with E-state index in [1.807, 2.05) is 6.08 Å². The predicted molar refractivity (Wildman–Crippen MR) is 387 cm³/mol. The normalized spacial score (nSPS) is 23.1. The number of carbonyl (C=O) groups excluding carboxylic acids is 1. The maximum atomic E-state index is 13.3. The van der Waals surface area contributed by atoms with Crippen LogP contribution in [0.1, 0.15) is 296 Å². The second kappa shape index (κ2) is 63.1. The van der Waals surface area contributed by atoms with Gasteiger partial charge < -0.3 is 65.1 Å². The van der Waals surface area contributed by atoms with Crippen LogP contribution in [0.2, 0.25) is 0 Å². The highest BCUT2D eigenvalue weighted by molar-refractivity contribution is 5.76. The number of amides is 1. The third kappa shape index (κ3) is 46.0. The number of hydrogen-bond acceptors (Lipinski definition) is 13. The molecule has 0 aliphatic carbocycles. The number of allylic oxidation sites excluding steroid dienone is 17. The number of carbonyl (C=O) groups is 1. The first-order valence-corrected chi connectivity index (χ1v) is 38.1. The third-order valence-electron chi connectivity index (χ3n) is 17.9. The monoisotopic (exact) mass is 1320 g/mol. The average Bonchev–Trinajstić information content (AvgIpc) is 0.794. The second-order valence-corrected chi connectivity index (χ2v) is 26.4. The zero-order chi connectivity index (χ0) is 68.0. The van der Waals surface area contributed by atoms with Crippen LogP contribution in [0.3, 0.4) is 0 Å². The van der Waals surface area contributed by atoms with Crippen LogP contribution in [-0.2, 0) is 23.7 Å². The Kier molecular flexibility index (Phi) is 58.2. The highest BCUT2D eigenvalue weighted by Gasteiger charge is 2.51. The molecule has 2 aliphatic heterocycles. The lowest BCUT2D eigenvalue weighted by Crippen LogP contribution is -2.65. The van der Waals surface area contributed by atoms with E-state index in [2.05, 4.69) is 116 Å². The summed E-state index contributed by atoms with van der Waals surface area (Å²) in [5.41, 5.74) is 0. The molecule has 0 spiro atoms. The molecule has 9 N–H and O–H groups in total. The minimum Gasteiger partial charge on any atom is -0.394 e. The molecule has 14 nitrogen and oxygen atoms in total. The van der Waals surface area contributed by atoms with Crippen LogP contribution in [0.5, 0.6) is 0 Å². The van der Waals surface area contributed by atoms with Crippen LogP contribution in [0.4, 0.5) is 0 Å². The van der Waals surface area contributed by atoms with Crippen molar-refractivity contribution in [2.75, 3.05) is 19.8 Å². The van der Waals surface area contributed by atoms with Gasteiger partial charge in [-0.15, -0.1) is 0 Å². The Labute approximate surface area is 572 Å². The van der Waals surface area contributed by atoms with Crippen molar-refractivity contribution in [3.05, 3.63) is 109 Å². The molecule has 0 radical (unpaired) electrons. The van der Waals surface area contributed by atoms with E-state index in [1.165, 1.54) is 173 Å². The van der Waals surface area contributed by atoms with Gasteiger partial charge in [0.15, 0.2) is 12.6 Å². The van der Waals surface area contributed by atoms with E-state index < -0.39 is 86.8 Å². The van der Waals surface area contributed by atoms with Crippen LogP contribution in [0.15, 0.2) is 109 Å². The fourth-order valence-corrected chi connectivity index (χ4v) is 11.9. The Balaban J connectivity index is 1.68. The molecular formula is C80H139NO13. The lowest BCUT2D eigenvalue weighted by molar-refractivity contribution is -0.359. The second-order valence-electron chi connectivity index (χ2n) is 26.4. The Hall–Kier alpha value is -3.35. The Morgan fingerprint density at radius 2 is 0.745 bits per heavy atom. The first-order valence-electron chi connectivity index (χ1n) is 38.1. The van der Waals surface area contributed by atoms with Crippen molar-refractivity contribution in [1.29, 1.82) is 0 Å². The van der Waals surface area contributed by atoms with Crippen LogP contribution < -0.4 is 5.32 Å². The highest BCUT2D eigenvalue weighted by atomic mass is 16.7. The summed E-state index contributed by atoms with van der Waals surface area (Å²) in [6.45, 7) is 2.68. The van der Waals surface area contributed by atoms with Gasteiger partial charge in [-0.05, 0) is 89.9 Å². The van der Waals surface area contributed by atoms with Gasteiger partial charge in [-0.3, -0.25) is 4.79 Å². The maximum Gasteiger partial charge on any atom is 0.220 e. The van der Waals surface area contributed by atoms with Gasteiger partial charge in [-0.2, -0.15) is 0 Å². The minimum atomic E-state index is -1.80. The van der Waals surface area contributed by atoms with Gasteiger partial charge in [0.1, 0.15) is 48.8 Å². The molecule has 0 aromatic carbocycles. The first kappa shape index (κ1) is 86.7. The third-order valence-corrected chi connectivity index (χ3v) is 17.9. The van der Waals surface area contributed by atoms with Gasteiger partial charge >= 0.3 is 0 Å². The summed E-state index contributed by atoms with van der Waals surface area (Å²) >= 11 is 0. The average molecular weight is 1320 g/mol. The van der Waals surface area contributed by atoms with Crippen LogP contribution in [0.25, 0.3) is 0 Å². The summed E-state index contributed by atoms with van der Waals surface area (Å²) < 4.78 is 22.9. The smallest absolute Gasteiger partial charge is 0.220 e. The number of nitrogens with one attached hydrogen (secondary N) is 1. The molecule has 2 heterocycles. The van der Waals surface area contributed by atoms with E-state index in [4.69, 9.17) is 18.9 Å². The van der Waals surface area contributed by atoms with Gasteiger partial charge in [0.2, 0.25) is 5.91 Å². The summed E-state index contributed by atoms with van der Waals surface area (Å²) in [6.07, 6.45) is 74.5. The van der Waals surface area contributed by atoms with Crippen LogP contribution in [-0.4, -0.2) is 140 Å². The zero-order valence-electron chi connectivity index (χ0n) is 59.2. The molecule has 1 amide bonds. The Morgan fingerprint density at radius 3 is 1.17 bits per heavy atom. The van der Waals surface area contributed by atoms with Crippen LogP contribution >= 0.6 is 0 Å². The van der Waals surface area contributed by atoms with Gasteiger partial charge in [0.25, 0.3) is 0 Å². The van der Waals surface area contributed by atoms with Crippen LogP contribution in [0, 0.1) is 0 Å². The molecule has 2 fully saturated rings. The van der Waals surface area contributed by atoms with Gasteiger partial charge in [0, 0.05) is 6.42 Å². The number of rotatable bonds is 62. The summed E-state index contributed by atoms with van der Waals surface area (Å²) in [6, 6.07) is -0.953. The number of unbranched alkanes of at least 4 members (excludes halogenated alkanes) is 33. The predicted octanol–water partition coefficient (Wildman–Crippen LogP) is 16.7. The quantitative estimate of drug-likeness (QED) is 0.0204. The van der Waals surface area contributed by atoms with Crippen molar-refractivity contribution >= 4 is 5.91 Å². The lowest BCUT2D eigenvalue weighted by atomic mass is 9.97. The van der Waals surface area contributed by atoms with E-state index in [0.717, 1.165) is 89.9 Å². The van der Waals surface area contributed by atoms with E-state index in [9.17, 15) is 45.6 Å². The van der Waals surface area contributed by atoms with E-state index in [1.54, 1.807) is 6.08 Å². The molecule has 0 aromatic rings. The molecule has 2 saturated heterocycles. The molecule has 94 heavy (non-hydrogen) atoms. The van der Waals surface area contributed by atoms with Crippen molar-refractivity contribution in [3.63, 3.8) is 0 Å². The maximum absolute atomic E-state index is 13.3. The number of aliphatic hydroxyl groups is 8. The SMILES string of the molecule is CC/C=C\C/C=C\C/C=C\C/C=C\C/C=C\C/C=C\C/C=C\CCCCCCCC(=O)NC(COC1OC(CO)C(OC2OC(CO)C(O)C(O)C2O)C(O)C1O)C(O)/C=C/CC/C=C/CCCCCCCCCCCCCCCCCCCCCCCCCCCCC. The topological polar surface area (TPSA) is 228 Å². The number of hydrogen-bond donors (Lipinski definition) is 9. The standard InChI is InChI=1S/C80H139NO13/c1-3-5-7-9-11-13-15-17-19-21-23-25-27-29-31-32-33-34-35-36-38-39-41-43-45-47-49-51-53-55-57-59-61-63-69(84)68(67-91-79-77(90)75(88)78(71(66-83)93-79)94-80-76(89)74(87)73(86)70(65-82)92-80)81-72(85)64-62-60-58-56-54-52-50-48-46-44-42-40-37-30-28-26-24-22-20-18-16-14-12-10-8-6-4-2/h6,8,12,14,18,20,24,26,30,37,42,44,48,50,53,55,61,63,68-71,73-80,82-84,86-90H,3-5,7,9-11,13,15-17,19,21-23,25,27-29,31-36,38-41,43,45-47,49,51-52,54,56-60,62,64-67H2,1-2H3,(H,81,85)/b8-6-,14-12-,20-18-,26-24-,37-30-,44-42-,50-48-,55-53+,63-61+. The van der Waals surface area contributed by atoms with Crippen molar-refractivity contribution in [2.24, 2.45) is 0 Å². The van der Waals surface area contributed by atoms with Crippen molar-refractivity contribution in [2.45, 2.75) is 370 Å². The van der Waals surface area contributed by atoms with E-state index in [0.29, 0.717) is 12.8 Å². The molecule has 0 aromatic heterocycles. The van der Waals surface area contributed by atoms with Crippen molar-refractivity contribution in [1.82, 2.24) is 5.32 Å². The van der Waals surface area contributed by atoms with E-state index in [-0.39, 0.29) is 18.9 Å². The van der Waals surface area contributed by atoms with Gasteiger partial charge in [-0.25, -0.2) is 0 Å². The number of aliphatic hydroxyl groups excluding tert-OH is 8. The zero-order valence-corrected chi connectivity index (χ0v) is 59.2. The molecule has 0 bridgehead atoms. The lowest BCUT2D eigenvalue weighted by Gasteiger charge is -2.46. The minimum absolute atomic E-state index is 0.244. The molecule has 2 rings (SSSR count). The summed E-state index contributed by atoms with van der Waals surface area (Å²) in [5, 5.41) is 87.5. The molecule has 12 atom stereocenters. The highest BCUT2D eigenvalue weighted by Crippen LogP contribution is 2.30. The molecule has 0 saturated carbocycles. The van der Waals surface area contributed by atoms with Crippen molar-refractivity contribution < 1.29 is 64.6 Å². The largest absolute Gasteiger partial charge is 0.394 e. The Bertz CT molecular complexity index is 2000. The van der Waals surface area contributed by atoms with Crippen molar-refractivity contribution in [3.8, 4) is 0 Å². The summed E-state index contributed by atoms with van der Waals surface area (Å²) in [7, 11) is 0. The van der Waals surface area contributed by atoms with Gasteiger partial charge in [-0.1, -0.05) is 309 Å². The van der Waals surface area contributed by atoms with Gasteiger partial charge in [0.05, 0.1) is 32.0 Å². The summed E-state index contributed by atoms with van der Waals surface area (Å²) in [4.78, 5) is 13.3. The molecule has 14 heteroatoms.